The Hall–Kier alpha value is -0.470. The van der Waals surface area contributed by atoms with E-state index >= 15 is 0 Å². The molecule has 0 radical (unpaired) electrons. The van der Waals surface area contributed by atoms with E-state index in [-0.39, 0.29) is 0 Å². The van der Waals surface area contributed by atoms with Gasteiger partial charge in [-0.25, -0.2) is 13.1 Å². The fraction of sp³-hybridized carbons (Fsp3) is 0.692. The summed E-state index contributed by atoms with van der Waals surface area (Å²) < 4.78 is 27.3. The second-order valence-electron chi connectivity index (χ2n) is 5.26. The van der Waals surface area contributed by atoms with Crippen molar-refractivity contribution in [2.24, 2.45) is 0 Å². The van der Waals surface area contributed by atoms with Gasteiger partial charge in [0.1, 0.15) is 0 Å². The van der Waals surface area contributed by atoms with E-state index < -0.39 is 10.0 Å². The molecule has 2 heterocycles. The molecule has 114 valence electrons. The van der Waals surface area contributed by atoms with Crippen LogP contribution in [0.25, 0.3) is 0 Å². The second kappa shape index (κ2) is 7.00. The van der Waals surface area contributed by atoms with E-state index in [9.17, 15) is 8.42 Å². The molecule has 1 aliphatic heterocycles. The van der Waals surface area contributed by atoms with Gasteiger partial charge in [-0.2, -0.15) is 0 Å². The van der Waals surface area contributed by atoms with Crippen LogP contribution < -0.4 is 10.0 Å². The van der Waals surface area contributed by atoms with Crippen molar-refractivity contribution >= 4 is 21.4 Å². The van der Waals surface area contributed by atoms with E-state index in [0.717, 1.165) is 17.8 Å². The zero-order valence-electron chi connectivity index (χ0n) is 12.1. The summed E-state index contributed by atoms with van der Waals surface area (Å²) in [7, 11) is 0.541. The van der Waals surface area contributed by atoms with Gasteiger partial charge in [-0.05, 0) is 39.5 Å². The van der Waals surface area contributed by atoms with Crippen molar-refractivity contribution in [2.75, 3.05) is 27.2 Å². The minimum atomic E-state index is -3.37. The summed E-state index contributed by atoms with van der Waals surface area (Å²) in [5, 5.41) is 4.73. The van der Waals surface area contributed by atoms with Crippen molar-refractivity contribution in [2.45, 2.75) is 36.7 Å². The van der Waals surface area contributed by atoms with Gasteiger partial charge in [0.05, 0.1) is 4.90 Å². The van der Waals surface area contributed by atoms with E-state index in [1.807, 2.05) is 7.05 Å². The standard InChI is InChI=1S/C13H23N3O2S2/c1-14-9-12-7-13(10-19-12)20(17,18)15-8-11-5-3-4-6-16(11)2/h7,10-11,14-15H,3-6,8-9H2,1-2H3. The Morgan fingerprint density at radius 3 is 2.95 bits per heavy atom. The molecule has 5 nitrogen and oxygen atoms in total. The first kappa shape index (κ1) is 15.9. The van der Waals surface area contributed by atoms with Crippen LogP contribution in [0.5, 0.6) is 0 Å². The lowest BCUT2D eigenvalue weighted by molar-refractivity contribution is 0.187. The average Bonchev–Trinajstić information content (AvgIpc) is 2.88. The number of piperidine rings is 1. The molecule has 1 atom stereocenters. The number of likely N-dealkylation sites (tertiary alicyclic amines) is 1. The van der Waals surface area contributed by atoms with Crippen LogP contribution in [0.2, 0.25) is 0 Å². The Kier molecular flexibility index (Phi) is 5.57. The topological polar surface area (TPSA) is 61.4 Å². The van der Waals surface area contributed by atoms with Crippen molar-refractivity contribution in [3.8, 4) is 0 Å². The van der Waals surface area contributed by atoms with Gasteiger partial charge in [-0.3, -0.25) is 0 Å². The lowest BCUT2D eigenvalue weighted by Gasteiger charge is -2.32. The van der Waals surface area contributed by atoms with Crippen molar-refractivity contribution in [1.29, 1.82) is 0 Å². The number of rotatable bonds is 6. The number of hydrogen-bond donors (Lipinski definition) is 2. The quantitative estimate of drug-likeness (QED) is 0.828. The summed E-state index contributed by atoms with van der Waals surface area (Å²) in [6.45, 7) is 2.25. The third kappa shape index (κ3) is 4.02. The van der Waals surface area contributed by atoms with E-state index in [4.69, 9.17) is 0 Å². The molecular weight excluding hydrogens is 294 g/mol. The summed E-state index contributed by atoms with van der Waals surface area (Å²) in [5.74, 6) is 0. The first-order valence-electron chi connectivity index (χ1n) is 6.95. The van der Waals surface area contributed by atoms with Gasteiger partial charge in [-0.15, -0.1) is 11.3 Å². The molecule has 1 aliphatic rings. The lowest BCUT2D eigenvalue weighted by Crippen LogP contribution is -2.44. The lowest BCUT2D eigenvalue weighted by atomic mass is 10.0. The predicted octanol–water partition coefficient (Wildman–Crippen LogP) is 1.23. The molecule has 20 heavy (non-hydrogen) atoms. The van der Waals surface area contributed by atoms with Gasteiger partial charge in [0.2, 0.25) is 10.0 Å². The molecule has 2 N–H and O–H groups in total. The molecule has 0 bridgehead atoms. The monoisotopic (exact) mass is 317 g/mol. The summed E-state index contributed by atoms with van der Waals surface area (Å²) in [4.78, 5) is 3.65. The number of nitrogens with one attached hydrogen (secondary N) is 2. The van der Waals surface area contributed by atoms with Gasteiger partial charge in [0.25, 0.3) is 0 Å². The molecule has 0 saturated carbocycles. The van der Waals surface area contributed by atoms with Crippen LogP contribution in [0.15, 0.2) is 16.3 Å². The maximum Gasteiger partial charge on any atom is 0.241 e. The molecule has 0 aliphatic carbocycles. The van der Waals surface area contributed by atoms with Crippen molar-refractivity contribution in [3.63, 3.8) is 0 Å². The SMILES string of the molecule is CNCc1cc(S(=O)(=O)NCC2CCCCN2C)cs1. The number of thiophene rings is 1. The maximum atomic E-state index is 12.3. The van der Waals surface area contributed by atoms with Crippen LogP contribution in [-0.2, 0) is 16.6 Å². The summed E-state index contributed by atoms with van der Waals surface area (Å²) >= 11 is 1.47. The van der Waals surface area contributed by atoms with Gasteiger partial charge in [-0.1, -0.05) is 6.42 Å². The number of hydrogen-bond acceptors (Lipinski definition) is 5. The van der Waals surface area contributed by atoms with Crippen LogP contribution in [0.1, 0.15) is 24.1 Å². The molecule has 1 unspecified atom stereocenters. The Morgan fingerprint density at radius 1 is 1.45 bits per heavy atom. The van der Waals surface area contributed by atoms with Gasteiger partial charge in [0.15, 0.2) is 0 Å². The van der Waals surface area contributed by atoms with Crippen molar-refractivity contribution in [3.05, 3.63) is 16.3 Å². The van der Waals surface area contributed by atoms with E-state index in [0.29, 0.717) is 24.0 Å². The van der Waals surface area contributed by atoms with Gasteiger partial charge < -0.3 is 10.2 Å². The normalized spacial score (nSPS) is 21.2. The average molecular weight is 317 g/mol. The third-order valence-electron chi connectivity index (χ3n) is 3.72. The first-order chi connectivity index (χ1) is 9.53. The Labute approximate surface area is 125 Å². The molecule has 1 saturated heterocycles. The molecule has 1 fully saturated rings. The third-order valence-corrected chi connectivity index (χ3v) is 6.21. The van der Waals surface area contributed by atoms with Crippen LogP contribution in [-0.4, -0.2) is 46.5 Å². The largest absolute Gasteiger partial charge is 0.315 e. The first-order valence-corrected chi connectivity index (χ1v) is 9.31. The highest BCUT2D eigenvalue weighted by molar-refractivity contribution is 7.89. The molecular formula is C13H23N3O2S2. The fourth-order valence-corrected chi connectivity index (χ4v) is 4.82. The second-order valence-corrected chi connectivity index (χ2v) is 8.02. The van der Waals surface area contributed by atoms with Crippen LogP contribution >= 0.6 is 11.3 Å². The molecule has 0 aromatic carbocycles. The maximum absolute atomic E-state index is 12.3. The number of nitrogens with zero attached hydrogens (tertiary/aromatic N) is 1. The Balaban J connectivity index is 1.95. The smallest absolute Gasteiger partial charge is 0.241 e. The van der Waals surface area contributed by atoms with E-state index in [1.54, 1.807) is 11.4 Å². The van der Waals surface area contributed by atoms with E-state index in [2.05, 4.69) is 22.0 Å². The number of sulfonamides is 1. The van der Waals surface area contributed by atoms with Crippen LogP contribution in [0, 0.1) is 0 Å². The molecule has 1 aromatic heterocycles. The highest BCUT2D eigenvalue weighted by Crippen LogP contribution is 2.20. The fourth-order valence-electron chi connectivity index (χ4n) is 2.46. The Bertz CT molecular complexity index is 527. The molecule has 7 heteroatoms. The van der Waals surface area contributed by atoms with Gasteiger partial charge in [0, 0.05) is 29.4 Å². The summed E-state index contributed by atoms with van der Waals surface area (Å²) in [6.07, 6.45) is 3.45. The molecule has 0 spiro atoms. The van der Waals surface area contributed by atoms with Gasteiger partial charge >= 0.3 is 0 Å². The predicted molar refractivity (Wildman–Crippen MR) is 82.5 cm³/mol. The Morgan fingerprint density at radius 2 is 2.25 bits per heavy atom. The van der Waals surface area contributed by atoms with Crippen LogP contribution in [0.3, 0.4) is 0 Å². The highest BCUT2D eigenvalue weighted by Gasteiger charge is 2.22. The zero-order chi connectivity index (χ0) is 14.6. The summed E-state index contributed by atoms with van der Waals surface area (Å²) in [6, 6.07) is 2.06. The molecule has 2 rings (SSSR count). The van der Waals surface area contributed by atoms with Crippen molar-refractivity contribution < 1.29 is 8.42 Å². The molecule has 0 amide bonds. The summed E-state index contributed by atoms with van der Waals surface area (Å²) in [5.41, 5.74) is 0. The minimum absolute atomic E-state index is 0.314. The molecule has 1 aromatic rings. The minimum Gasteiger partial charge on any atom is -0.315 e. The highest BCUT2D eigenvalue weighted by atomic mass is 32.2. The van der Waals surface area contributed by atoms with Crippen molar-refractivity contribution in [1.82, 2.24) is 14.9 Å². The van der Waals surface area contributed by atoms with Crippen LogP contribution in [0.4, 0.5) is 0 Å². The number of likely N-dealkylation sites (N-methyl/N-ethyl adjacent to an activating group) is 1. The zero-order valence-corrected chi connectivity index (χ0v) is 13.7. The van der Waals surface area contributed by atoms with E-state index in [1.165, 1.54) is 24.2 Å².